The lowest BCUT2D eigenvalue weighted by molar-refractivity contribution is 0.180. The molecule has 3 aromatic carbocycles. The number of aromatic nitrogens is 2. The average Bonchev–Trinajstić information content (AvgIpc) is 3.11. The molecule has 1 saturated heterocycles. The second-order valence-electron chi connectivity index (χ2n) is 7.80. The van der Waals surface area contributed by atoms with Gasteiger partial charge in [-0.2, -0.15) is 0 Å². The summed E-state index contributed by atoms with van der Waals surface area (Å²) in [6.07, 6.45) is 2.00. The van der Waals surface area contributed by atoms with E-state index in [9.17, 15) is 4.79 Å². The highest BCUT2D eigenvalue weighted by molar-refractivity contribution is 5.75. The van der Waals surface area contributed by atoms with Crippen molar-refractivity contribution in [3.05, 3.63) is 94.9 Å². The molecule has 0 bridgehead atoms. The van der Waals surface area contributed by atoms with Crippen molar-refractivity contribution in [2.24, 2.45) is 0 Å². The molecule has 0 spiro atoms. The lowest BCUT2D eigenvalue weighted by Gasteiger charge is -2.32. The number of piperidine rings is 1. The van der Waals surface area contributed by atoms with Gasteiger partial charge in [-0.3, -0.25) is 9.47 Å². The van der Waals surface area contributed by atoms with Crippen LogP contribution < -0.4 is 5.69 Å². The van der Waals surface area contributed by atoms with E-state index >= 15 is 0 Å². The maximum Gasteiger partial charge on any atom is 0.326 e. The minimum Gasteiger partial charge on any atom is -0.306 e. The maximum absolute atomic E-state index is 12.5. The third kappa shape index (κ3) is 3.64. The van der Waals surface area contributed by atoms with Crippen molar-refractivity contribution >= 4 is 11.0 Å². The van der Waals surface area contributed by atoms with Gasteiger partial charge in [0.25, 0.3) is 0 Å². The van der Waals surface area contributed by atoms with E-state index in [1.807, 2.05) is 47.0 Å². The normalized spacial score (nSPS) is 15.7. The maximum atomic E-state index is 12.5. The minimum absolute atomic E-state index is 0.0120. The number of benzene rings is 3. The number of nitrogens with zero attached hydrogens (tertiary/aromatic N) is 2. The van der Waals surface area contributed by atoms with Crippen molar-refractivity contribution in [2.45, 2.75) is 25.4 Å². The van der Waals surface area contributed by atoms with Gasteiger partial charge in [0.2, 0.25) is 0 Å². The number of aromatic amines is 1. The van der Waals surface area contributed by atoms with Gasteiger partial charge in [-0.1, -0.05) is 60.7 Å². The smallest absolute Gasteiger partial charge is 0.306 e. The Balaban J connectivity index is 1.24. The van der Waals surface area contributed by atoms with Crippen molar-refractivity contribution < 1.29 is 0 Å². The number of fused-ring (bicyclic) bond motifs is 1. The molecule has 0 saturated carbocycles. The monoisotopic (exact) mass is 382 g/mol. The SMILES string of the molecule is O=c1[nH]c2ccccc2n1C1CCN(Cc2ccc(-c3[c]cccc3)cc2)CC1. The third-order valence-corrected chi connectivity index (χ3v) is 5.93. The molecule has 0 amide bonds. The third-order valence-electron chi connectivity index (χ3n) is 5.93. The van der Waals surface area contributed by atoms with Gasteiger partial charge in [-0.15, -0.1) is 0 Å². The van der Waals surface area contributed by atoms with Gasteiger partial charge in [-0.05, 0) is 47.7 Å². The summed E-state index contributed by atoms with van der Waals surface area (Å²) in [7, 11) is 0. The summed E-state index contributed by atoms with van der Waals surface area (Å²) in [5, 5.41) is 0. The molecule has 1 aliphatic heterocycles. The van der Waals surface area contributed by atoms with Gasteiger partial charge < -0.3 is 4.98 Å². The molecular formula is C25H24N3O. The first-order valence-electron chi connectivity index (χ1n) is 10.3. The molecule has 1 fully saturated rings. The van der Waals surface area contributed by atoms with Crippen LogP contribution in [0.5, 0.6) is 0 Å². The van der Waals surface area contributed by atoms with Crippen LogP contribution in [0.1, 0.15) is 24.4 Å². The molecule has 1 N–H and O–H groups in total. The minimum atomic E-state index is 0.0120. The second-order valence-corrected chi connectivity index (χ2v) is 7.80. The van der Waals surface area contributed by atoms with Crippen LogP contribution in [0.4, 0.5) is 0 Å². The van der Waals surface area contributed by atoms with Gasteiger partial charge in [0.15, 0.2) is 0 Å². The fourth-order valence-corrected chi connectivity index (χ4v) is 4.39. The van der Waals surface area contributed by atoms with Crippen LogP contribution in [0.3, 0.4) is 0 Å². The van der Waals surface area contributed by atoms with E-state index in [1.165, 1.54) is 11.1 Å². The van der Waals surface area contributed by atoms with Crippen molar-refractivity contribution in [1.29, 1.82) is 0 Å². The molecular weight excluding hydrogens is 358 g/mol. The van der Waals surface area contributed by atoms with E-state index in [1.54, 1.807) is 0 Å². The van der Waals surface area contributed by atoms with Gasteiger partial charge in [0.1, 0.15) is 0 Å². The highest BCUT2D eigenvalue weighted by atomic mass is 16.1. The molecule has 145 valence electrons. The quantitative estimate of drug-likeness (QED) is 0.559. The molecule has 2 heterocycles. The fraction of sp³-hybridized carbons (Fsp3) is 0.240. The highest BCUT2D eigenvalue weighted by Gasteiger charge is 2.23. The number of hydrogen-bond donors (Lipinski definition) is 1. The Kier molecular flexibility index (Phi) is 4.78. The topological polar surface area (TPSA) is 41.0 Å². The Morgan fingerprint density at radius 2 is 1.69 bits per heavy atom. The summed E-state index contributed by atoms with van der Waals surface area (Å²) in [5.41, 5.74) is 5.61. The van der Waals surface area contributed by atoms with Crippen molar-refractivity contribution in [2.75, 3.05) is 13.1 Å². The zero-order valence-electron chi connectivity index (χ0n) is 16.3. The molecule has 0 unspecified atom stereocenters. The summed E-state index contributed by atoms with van der Waals surface area (Å²) in [6.45, 7) is 2.96. The van der Waals surface area contributed by atoms with Gasteiger partial charge >= 0.3 is 5.69 Å². The Labute approximate surface area is 170 Å². The van der Waals surface area contributed by atoms with Crippen LogP contribution >= 0.6 is 0 Å². The lowest BCUT2D eigenvalue weighted by Crippen LogP contribution is -2.36. The summed E-state index contributed by atoms with van der Waals surface area (Å²) in [5.74, 6) is 0. The molecule has 4 aromatic rings. The number of hydrogen-bond acceptors (Lipinski definition) is 2. The number of H-pyrrole nitrogens is 1. The summed E-state index contributed by atoms with van der Waals surface area (Å²) in [4.78, 5) is 17.9. The predicted octanol–water partition coefficient (Wildman–Crippen LogP) is 4.63. The first-order valence-corrected chi connectivity index (χ1v) is 10.3. The number of likely N-dealkylation sites (tertiary alicyclic amines) is 1. The first kappa shape index (κ1) is 18.0. The fourth-order valence-electron chi connectivity index (χ4n) is 4.39. The van der Waals surface area contributed by atoms with Crippen molar-refractivity contribution in [3.63, 3.8) is 0 Å². The van der Waals surface area contributed by atoms with Crippen molar-refractivity contribution in [1.82, 2.24) is 14.5 Å². The average molecular weight is 382 g/mol. The Morgan fingerprint density at radius 1 is 0.931 bits per heavy atom. The van der Waals surface area contributed by atoms with E-state index < -0.39 is 0 Å². The van der Waals surface area contributed by atoms with E-state index in [0.717, 1.165) is 49.1 Å². The van der Waals surface area contributed by atoms with Crippen LogP contribution in [-0.4, -0.2) is 27.5 Å². The highest BCUT2D eigenvalue weighted by Crippen LogP contribution is 2.26. The Bertz CT molecular complexity index is 1150. The van der Waals surface area contributed by atoms with Crippen LogP contribution in [-0.2, 0) is 6.54 Å². The number of rotatable bonds is 4. The molecule has 5 rings (SSSR count). The first-order chi connectivity index (χ1) is 14.3. The van der Waals surface area contributed by atoms with Crippen molar-refractivity contribution in [3.8, 4) is 11.1 Å². The van der Waals surface area contributed by atoms with Crippen LogP contribution in [0.15, 0.2) is 77.6 Å². The largest absolute Gasteiger partial charge is 0.326 e. The molecule has 29 heavy (non-hydrogen) atoms. The van der Waals surface area contributed by atoms with E-state index in [0.29, 0.717) is 0 Å². The molecule has 4 nitrogen and oxygen atoms in total. The summed E-state index contributed by atoms with van der Waals surface area (Å²) >= 11 is 0. The van der Waals surface area contributed by atoms with Crippen LogP contribution in [0.25, 0.3) is 22.2 Å². The zero-order valence-corrected chi connectivity index (χ0v) is 16.3. The second kappa shape index (κ2) is 7.72. The van der Waals surface area contributed by atoms with Gasteiger partial charge in [0, 0.05) is 25.7 Å². The number of nitrogens with one attached hydrogen (secondary N) is 1. The molecule has 1 aromatic heterocycles. The standard InChI is InChI=1S/C25H24N3O/c29-25-26-23-8-4-5-9-24(23)28(25)22-14-16-27(17-15-22)18-19-10-12-21(13-11-19)20-6-2-1-3-7-20/h1-6,8-13,22H,14-18H2,(H,26,29). The van der Waals surface area contributed by atoms with Gasteiger partial charge in [-0.25, -0.2) is 4.79 Å². The van der Waals surface area contributed by atoms with E-state index in [4.69, 9.17) is 0 Å². The molecule has 4 heteroatoms. The Hall–Kier alpha value is -3.11. The predicted molar refractivity (Wildman–Crippen MR) is 117 cm³/mol. The van der Waals surface area contributed by atoms with Gasteiger partial charge in [0.05, 0.1) is 11.0 Å². The van der Waals surface area contributed by atoms with Crippen LogP contribution in [0.2, 0.25) is 0 Å². The molecule has 1 aliphatic rings. The molecule has 0 aliphatic carbocycles. The number of imidazole rings is 1. The molecule has 1 radical (unpaired) electrons. The lowest BCUT2D eigenvalue weighted by atomic mass is 10.0. The van der Waals surface area contributed by atoms with E-state index in [2.05, 4.69) is 46.3 Å². The molecule has 0 atom stereocenters. The number of para-hydroxylation sites is 2. The summed E-state index contributed by atoms with van der Waals surface area (Å²) < 4.78 is 1.96. The zero-order chi connectivity index (χ0) is 19.6. The summed E-state index contributed by atoms with van der Waals surface area (Å²) in [6, 6.07) is 28.4. The van der Waals surface area contributed by atoms with E-state index in [-0.39, 0.29) is 11.7 Å². The van der Waals surface area contributed by atoms with Crippen LogP contribution in [0, 0.1) is 6.07 Å². The Morgan fingerprint density at radius 3 is 2.45 bits per heavy atom.